The quantitative estimate of drug-likeness (QED) is 0.745. The van der Waals surface area contributed by atoms with Gasteiger partial charge in [-0.15, -0.1) is 0 Å². The van der Waals surface area contributed by atoms with E-state index in [9.17, 15) is 14.3 Å². The normalized spacial score (nSPS) is 10.6. The predicted molar refractivity (Wildman–Crippen MR) is 86.6 cm³/mol. The summed E-state index contributed by atoms with van der Waals surface area (Å²) >= 11 is 0. The second-order valence-corrected chi connectivity index (χ2v) is 5.05. The van der Waals surface area contributed by atoms with Crippen LogP contribution in [-0.2, 0) is 4.74 Å². The summed E-state index contributed by atoms with van der Waals surface area (Å²) in [6.07, 6.45) is 0. The van der Waals surface area contributed by atoms with Crippen LogP contribution in [0.15, 0.2) is 54.6 Å². The molecule has 6 heteroatoms. The number of rotatable bonds is 4. The first-order valence-corrected chi connectivity index (χ1v) is 7.41. The molecule has 122 valence electrons. The van der Waals surface area contributed by atoms with Gasteiger partial charge in [-0.1, -0.05) is 30.3 Å². The van der Waals surface area contributed by atoms with E-state index in [0.717, 1.165) is 11.6 Å². The number of hydrogen-bond acceptors (Lipinski definition) is 4. The number of halogens is 1. The molecular weight excluding hydrogens is 311 g/mol. The van der Waals surface area contributed by atoms with Crippen LogP contribution in [0.3, 0.4) is 0 Å². The molecule has 0 saturated carbocycles. The Hall–Kier alpha value is -3.15. The molecule has 0 atom stereocenters. The molecule has 1 heterocycles. The summed E-state index contributed by atoms with van der Waals surface area (Å²) in [7, 11) is 0. The fourth-order valence-electron chi connectivity index (χ4n) is 2.36. The van der Waals surface area contributed by atoms with Crippen molar-refractivity contribution in [1.29, 1.82) is 0 Å². The van der Waals surface area contributed by atoms with Crippen molar-refractivity contribution in [3.05, 3.63) is 66.1 Å². The Morgan fingerprint density at radius 3 is 2.62 bits per heavy atom. The molecule has 0 spiro atoms. The smallest absolute Gasteiger partial charge is 0.358 e. The zero-order valence-corrected chi connectivity index (χ0v) is 12.9. The lowest BCUT2D eigenvalue weighted by molar-refractivity contribution is 0.0519. The van der Waals surface area contributed by atoms with Gasteiger partial charge in [0.25, 0.3) is 0 Å². The maximum Gasteiger partial charge on any atom is 0.358 e. The second kappa shape index (κ2) is 6.54. The van der Waals surface area contributed by atoms with Crippen molar-refractivity contribution < 1.29 is 19.0 Å². The third-order valence-corrected chi connectivity index (χ3v) is 3.43. The summed E-state index contributed by atoms with van der Waals surface area (Å²) in [5, 5.41) is 14.3. The lowest BCUT2D eigenvalue weighted by Gasteiger charge is -2.09. The van der Waals surface area contributed by atoms with Gasteiger partial charge in [0, 0.05) is 11.6 Å². The molecule has 0 fully saturated rings. The molecule has 5 nitrogen and oxygen atoms in total. The van der Waals surface area contributed by atoms with E-state index in [4.69, 9.17) is 4.74 Å². The molecular formula is C18H15FN2O3. The summed E-state index contributed by atoms with van der Waals surface area (Å²) < 4.78 is 19.6. The van der Waals surface area contributed by atoms with Crippen molar-refractivity contribution in [2.75, 3.05) is 6.61 Å². The van der Waals surface area contributed by atoms with E-state index in [1.54, 1.807) is 13.0 Å². The average Bonchev–Trinajstić information content (AvgIpc) is 3.01. The van der Waals surface area contributed by atoms with Crippen molar-refractivity contribution >= 4 is 5.97 Å². The van der Waals surface area contributed by atoms with Crippen LogP contribution < -0.4 is 0 Å². The van der Waals surface area contributed by atoms with Crippen LogP contribution in [0.5, 0.6) is 5.75 Å². The molecule has 0 unspecified atom stereocenters. The molecule has 0 radical (unpaired) electrons. The predicted octanol–water partition coefficient (Wildman–Crippen LogP) is 3.56. The maximum atomic E-state index is 13.3. The minimum atomic E-state index is -0.560. The molecule has 0 bridgehead atoms. The molecule has 1 N–H and O–H groups in total. The number of phenolic OH excluding ortho intramolecular Hbond substituents is 1. The zero-order chi connectivity index (χ0) is 17.1. The van der Waals surface area contributed by atoms with E-state index in [1.807, 2.05) is 30.3 Å². The first-order chi connectivity index (χ1) is 11.6. The SMILES string of the molecule is CCOC(=O)c1cc(-c2ccccc2)n(-c2ccc(F)cc2O)n1. The van der Waals surface area contributed by atoms with Gasteiger partial charge in [0.1, 0.15) is 17.3 Å². The molecule has 24 heavy (non-hydrogen) atoms. The lowest BCUT2D eigenvalue weighted by atomic mass is 10.1. The standard InChI is InChI=1S/C18H15FN2O3/c1-2-24-18(23)14-11-16(12-6-4-3-5-7-12)21(20-14)15-9-8-13(19)10-17(15)22/h3-11,22H,2H2,1H3. The molecule has 0 aliphatic carbocycles. The van der Waals surface area contributed by atoms with Gasteiger partial charge in [0.2, 0.25) is 0 Å². The Morgan fingerprint density at radius 1 is 1.21 bits per heavy atom. The van der Waals surface area contributed by atoms with Gasteiger partial charge < -0.3 is 9.84 Å². The monoisotopic (exact) mass is 326 g/mol. The molecule has 0 saturated heterocycles. The van der Waals surface area contributed by atoms with Crippen LogP contribution in [-0.4, -0.2) is 27.5 Å². The number of aromatic nitrogens is 2. The Morgan fingerprint density at radius 2 is 1.96 bits per heavy atom. The molecule has 3 rings (SSSR count). The van der Waals surface area contributed by atoms with E-state index in [2.05, 4.69) is 5.10 Å². The van der Waals surface area contributed by atoms with Gasteiger partial charge in [0.15, 0.2) is 5.69 Å². The third kappa shape index (κ3) is 2.99. The van der Waals surface area contributed by atoms with Gasteiger partial charge in [-0.3, -0.25) is 0 Å². The summed E-state index contributed by atoms with van der Waals surface area (Å²) in [5.74, 6) is -1.39. The van der Waals surface area contributed by atoms with E-state index in [1.165, 1.54) is 16.8 Å². The molecule has 1 aromatic heterocycles. The van der Waals surface area contributed by atoms with Crippen LogP contribution in [0, 0.1) is 5.82 Å². The first-order valence-electron chi connectivity index (χ1n) is 7.41. The number of ether oxygens (including phenoxy) is 1. The summed E-state index contributed by atoms with van der Waals surface area (Å²) in [6, 6.07) is 14.5. The second-order valence-electron chi connectivity index (χ2n) is 5.05. The van der Waals surface area contributed by atoms with E-state index < -0.39 is 11.8 Å². The molecule has 2 aromatic carbocycles. The van der Waals surface area contributed by atoms with Crippen molar-refractivity contribution in [2.24, 2.45) is 0 Å². The Labute approximate surface area is 137 Å². The Kier molecular flexibility index (Phi) is 4.29. The summed E-state index contributed by atoms with van der Waals surface area (Å²) in [6.45, 7) is 1.94. The zero-order valence-electron chi connectivity index (χ0n) is 12.9. The molecule has 0 amide bonds. The summed E-state index contributed by atoms with van der Waals surface area (Å²) in [5.41, 5.74) is 1.76. The maximum absolute atomic E-state index is 13.3. The minimum Gasteiger partial charge on any atom is -0.506 e. The van der Waals surface area contributed by atoms with Crippen molar-refractivity contribution in [1.82, 2.24) is 9.78 Å². The van der Waals surface area contributed by atoms with Gasteiger partial charge in [-0.2, -0.15) is 5.10 Å². The fraction of sp³-hybridized carbons (Fsp3) is 0.111. The largest absolute Gasteiger partial charge is 0.506 e. The fourth-order valence-corrected chi connectivity index (χ4v) is 2.36. The van der Waals surface area contributed by atoms with Crippen LogP contribution in [0.4, 0.5) is 4.39 Å². The van der Waals surface area contributed by atoms with Gasteiger partial charge >= 0.3 is 5.97 Å². The molecule has 0 aliphatic heterocycles. The number of esters is 1. The van der Waals surface area contributed by atoms with Crippen LogP contribution in [0.1, 0.15) is 17.4 Å². The highest BCUT2D eigenvalue weighted by Crippen LogP contribution is 2.29. The van der Waals surface area contributed by atoms with E-state index >= 15 is 0 Å². The number of carbonyl (C=O) groups excluding carboxylic acids is 1. The minimum absolute atomic E-state index is 0.111. The highest BCUT2D eigenvalue weighted by atomic mass is 19.1. The number of benzene rings is 2. The average molecular weight is 326 g/mol. The summed E-state index contributed by atoms with van der Waals surface area (Å²) in [4.78, 5) is 12.0. The van der Waals surface area contributed by atoms with Crippen molar-refractivity contribution in [3.63, 3.8) is 0 Å². The lowest BCUT2D eigenvalue weighted by Crippen LogP contribution is -2.07. The number of nitrogens with zero attached hydrogens (tertiary/aromatic N) is 2. The topological polar surface area (TPSA) is 64.3 Å². The van der Waals surface area contributed by atoms with E-state index in [0.29, 0.717) is 5.69 Å². The highest BCUT2D eigenvalue weighted by Gasteiger charge is 2.19. The third-order valence-electron chi connectivity index (χ3n) is 3.43. The van der Waals surface area contributed by atoms with E-state index in [-0.39, 0.29) is 23.7 Å². The number of carbonyl (C=O) groups is 1. The number of aromatic hydroxyl groups is 1. The number of hydrogen-bond donors (Lipinski definition) is 1. The Bertz CT molecular complexity index is 875. The van der Waals surface area contributed by atoms with Crippen molar-refractivity contribution in [3.8, 4) is 22.7 Å². The van der Waals surface area contributed by atoms with Crippen LogP contribution in [0.25, 0.3) is 16.9 Å². The van der Waals surface area contributed by atoms with Crippen LogP contribution in [0.2, 0.25) is 0 Å². The molecule has 0 aliphatic rings. The van der Waals surface area contributed by atoms with Crippen molar-refractivity contribution in [2.45, 2.75) is 6.92 Å². The van der Waals surface area contributed by atoms with Gasteiger partial charge in [0.05, 0.1) is 12.3 Å². The molecule has 3 aromatic rings. The van der Waals surface area contributed by atoms with Gasteiger partial charge in [-0.25, -0.2) is 13.9 Å². The van der Waals surface area contributed by atoms with Crippen LogP contribution >= 0.6 is 0 Å². The highest BCUT2D eigenvalue weighted by molar-refractivity contribution is 5.89. The Balaban J connectivity index is 2.17. The van der Waals surface area contributed by atoms with Gasteiger partial charge in [-0.05, 0) is 25.1 Å². The number of phenols is 1. The first kappa shape index (κ1) is 15.7.